The van der Waals surface area contributed by atoms with Gasteiger partial charge >= 0.3 is 0 Å². The van der Waals surface area contributed by atoms with Gasteiger partial charge in [-0.3, -0.25) is 43.7 Å². The van der Waals surface area contributed by atoms with E-state index in [-0.39, 0.29) is 63.3 Å². The van der Waals surface area contributed by atoms with E-state index >= 15 is 0 Å². The molecule has 10 aromatic carbocycles. The van der Waals surface area contributed by atoms with Crippen LogP contribution < -0.4 is 69.1 Å². The van der Waals surface area contributed by atoms with Crippen LogP contribution in [-0.2, 0) is 70.3 Å². The summed E-state index contributed by atoms with van der Waals surface area (Å²) in [5.74, 6) is 9.04. The summed E-state index contributed by atoms with van der Waals surface area (Å²) < 4.78 is 54.2. The molecule has 0 saturated heterocycles. The van der Waals surface area contributed by atoms with E-state index < -0.39 is 33.0 Å². The smallest absolute Gasteiger partial charge is 0.248 e. The first kappa shape index (κ1) is 94.8. The largest absolute Gasteiger partial charge is 0.454 e. The highest BCUT2D eigenvalue weighted by molar-refractivity contribution is 6.04. The number of aromatic nitrogens is 6. The standard InChI is InChI=1S/C27H27NO3.C24H22N2O3.C24H18N2O3.C23H19N3O4.C21H17N3O3/c1-18(2)14-19-6-8-20(9-7-19)23-5-3-4-22(28-23)16-26(29)27(12-13-27)21-10-11-24-25(15-21)31-17-30-24;1-15-10-16(2)12-17(11-15)19-4-3-5-22(25-19)26-23(27)24(8-9-24)18-6-7-20-21(13-18)29-14-28-20;25-13-16-1-3-17(4-2-16)18-5-7-20(26-14-18)12-23(27)24(9-10-24)19-6-8-21-22(11-19)29-15-28-21;24-21(27)15-6-4-14(5-7-15)17-2-1-3-20(25-17)26-22(28)23(10-11-23)16-8-9-18-19(12-16)30-13-29-18;25-20(21(8-9-21)15-6-7-17-18(10-15)27-13-26-17)24-19-12-22-11-16(23-19)14-4-2-1-3-5-14/h3-11,15,18H,12-14,16-17H2,1-2H3;3-7,10-13H,8-9,14H2,1-2H3,(H,25,26,27);1-8,11,14H,9-10,12,15H2;1-9,12H,10-11,13H2,(H2,24,27)(H,25,26,28);1-7,10-12H,8-9,13H2,(H,23,24,25). The van der Waals surface area contributed by atoms with Crippen LogP contribution in [-0.4, -0.2) is 99.1 Å². The summed E-state index contributed by atoms with van der Waals surface area (Å²) in [7, 11) is 0. The quantitative estimate of drug-likeness (QED) is 0.0413. The first-order valence-electron chi connectivity index (χ1n) is 48.9. The lowest BCUT2D eigenvalue weighted by Gasteiger charge is -2.16. The van der Waals surface area contributed by atoms with E-state index in [1.807, 2.05) is 194 Å². The predicted octanol–water partition coefficient (Wildman–Crippen LogP) is 21.3. The summed E-state index contributed by atoms with van der Waals surface area (Å²) in [6.45, 7) is 9.74. The summed E-state index contributed by atoms with van der Waals surface area (Å²) in [6.07, 6.45) is 15.0. The Labute approximate surface area is 843 Å². The molecule has 5 aliphatic heterocycles. The number of nitrogens with one attached hydrogen (secondary N) is 3. The number of primary amides is 1. The van der Waals surface area contributed by atoms with Gasteiger partial charge in [-0.25, -0.2) is 15.0 Å². The van der Waals surface area contributed by atoms with Crippen molar-refractivity contribution in [1.29, 1.82) is 5.26 Å². The van der Waals surface area contributed by atoms with Gasteiger partial charge in [0.1, 0.15) is 23.2 Å². The Morgan fingerprint density at radius 3 is 1.12 bits per heavy atom. The Morgan fingerprint density at radius 1 is 0.336 bits per heavy atom. The zero-order valence-electron chi connectivity index (χ0n) is 80.8. The minimum Gasteiger partial charge on any atom is -0.454 e. The van der Waals surface area contributed by atoms with Crippen molar-refractivity contribution in [3.05, 3.63) is 365 Å². The molecule has 0 spiro atoms. The molecule has 5 aromatic heterocycles. The van der Waals surface area contributed by atoms with Gasteiger partial charge < -0.3 is 69.1 Å². The fraction of sp³-hybridized carbons (Fsp3) is 0.235. The Kier molecular flexibility index (Phi) is 26.1. The van der Waals surface area contributed by atoms with Gasteiger partial charge in [0.15, 0.2) is 63.3 Å². The molecule has 10 heterocycles. The average molecular weight is 1940 g/mol. The third-order valence-corrected chi connectivity index (χ3v) is 28.2. The number of nitrogens with two attached hydrogens (primary N) is 1. The molecule has 15 aromatic rings. The van der Waals surface area contributed by atoms with Crippen LogP contribution in [0.25, 0.3) is 56.2 Å². The highest BCUT2D eigenvalue weighted by Crippen LogP contribution is 2.57. The first-order valence-corrected chi connectivity index (χ1v) is 48.9. The van der Waals surface area contributed by atoms with Gasteiger partial charge in [-0.1, -0.05) is 165 Å². The van der Waals surface area contributed by atoms with Crippen LogP contribution in [0.2, 0.25) is 0 Å². The molecule has 4 amide bonds. The lowest BCUT2D eigenvalue weighted by atomic mass is 9.88. The molecule has 0 bridgehead atoms. The van der Waals surface area contributed by atoms with Gasteiger partial charge in [0.25, 0.3) is 0 Å². The van der Waals surface area contributed by atoms with E-state index in [2.05, 4.69) is 117 Å². The van der Waals surface area contributed by atoms with Gasteiger partial charge in [-0.05, 0) is 269 Å². The molecule has 5 saturated carbocycles. The maximum absolute atomic E-state index is 13.3. The minimum absolute atomic E-state index is 0.0264. The number of fused-ring (bicyclic) bond motifs is 5. The summed E-state index contributed by atoms with van der Waals surface area (Å²) in [4.78, 5) is 104. The number of carbonyl (C=O) groups is 6. The Balaban J connectivity index is 0.000000107. The summed E-state index contributed by atoms with van der Waals surface area (Å²) in [6, 6.07) is 90.9. The number of anilines is 3. The second-order valence-electron chi connectivity index (χ2n) is 38.6. The molecule has 5 aliphatic carbocycles. The second-order valence-corrected chi connectivity index (χ2v) is 38.6. The molecule has 0 atom stereocenters. The fourth-order valence-electron chi connectivity index (χ4n) is 19.3. The zero-order chi connectivity index (χ0) is 100. The molecule has 27 heteroatoms. The number of amides is 4. The van der Waals surface area contributed by atoms with Crippen LogP contribution in [0.5, 0.6) is 57.5 Å². The normalized spacial score (nSPS) is 15.7. The SMILES string of the molecule is CC(C)Cc1ccc(-c2cccc(CC(=O)C3(c4ccc5c(c4)OCO5)CC3)n2)cc1.Cc1cc(C)cc(-c2cccc(NC(=O)C3(c4ccc5c(c4)OCO5)CC3)n2)c1.N#Cc1ccc(-c2ccc(CC(=O)C3(c4ccc5c(c4)OCO5)CC3)nc2)cc1.NC(=O)c1ccc(-c2cccc(NC(=O)C3(c4ccc5c(c4)OCO5)CC3)n2)cc1.O=C(Nc1cncc(-c2ccccc2)n1)C1(c2ccc3c(c2)OCO3)CC1. The van der Waals surface area contributed by atoms with E-state index in [1.165, 1.54) is 16.7 Å². The van der Waals surface area contributed by atoms with Crippen LogP contribution in [0.1, 0.15) is 150 Å². The van der Waals surface area contributed by atoms with Crippen molar-refractivity contribution >= 4 is 52.6 Å². The molecule has 0 radical (unpaired) electrons. The summed E-state index contributed by atoms with van der Waals surface area (Å²) in [5.41, 5.74) is 23.1. The number of hydrogen-bond acceptors (Lipinski definition) is 23. The number of pyridine rings is 4. The van der Waals surface area contributed by atoms with Crippen molar-refractivity contribution in [3.63, 3.8) is 0 Å². The molecule has 730 valence electrons. The van der Waals surface area contributed by atoms with Crippen molar-refractivity contribution in [1.82, 2.24) is 29.9 Å². The van der Waals surface area contributed by atoms with Crippen LogP contribution in [0.3, 0.4) is 0 Å². The Morgan fingerprint density at radius 2 is 0.705 bits per heavy atom. The molecular weight excluding hydrogens is 1840 g/mol. The third kappa shape index (κ3) is 20.4. The van der Waals surface area contributed by atoms with Gasteiger partial charge in [0.05, 0.1) is 73.9 Å². The first-order chi connectivity index (χ1) is 71.0. The number of ether oxygens (including phenoxy) is 10. The highest BCUT2D eigenvalue weighted by Gasteiger charge is 2.56. The van der Waals surface area contributed by atoms with E-state index in [1.54, 1.807) is 61.1 Å². The summed E-state index contributed by atoms with van der Waals surface area (Å²) >= 11 is 0. The number of rotatable bonds is 25. The van der Waals surface area contributed by atoms with E-state index in [9.17, 15) is 28.8 Å². The van der Waals surface area contributed by atoms with Gasteiger partial charge in [0.2, 0.25) is 57.6 Å². The van der Waals surface area contributed by atoms with E-state index in [0.717, 1.165) is 189 Å². The number of aryl methyl sites for hydroxylation is 2. The molecule has 0 unspecified atom stereocenters. The molecule has 5 fully saturated rings. The maximum Gasteiger partial charge on any atom is 0.248 e. The highest BCUT2D eigenvalue weighted by atomic mass is 16.7. The van der Waals surface area contributed by atoms with Crippen LogP contribution >= 0.6 is 0 Å². The van der Waals surface area contributed by atoms with Crippen molar-refractivity contribution in [2.75, 3.05) is 49.9 Å². The van der Waals surface area contributed by atoms with Crippen molar-refractivity contribution in [2.24, 2.45) is 11.7 Å². The number of ketones is 2. The zero-order valence-corrected chi connectivity index (χ0v) is 80.8. The van der Waals surface area contributed by atoms with Crippen LogP contribution in [0.15, 0.2) is 298 Å². The molecule has 27 nitrogen and oxygen atoms in total. The maximum atomic E-state index is 13.3. The predicted molar refractivity (Wildman–Crippen MR) is 548 cm³/mol. The van der Waals surface area contributed by atoms with Crippen molar-refractivity contribution < 1.29 is 76.1 Å². The average Bonchev–Trinajstić information content (AvgIpc) is 1.61. The lowest BCUT2D eigenvalue weighted by Crippen LogP contribution is -2.28. The Hall–Kier alpha value is -17.4. The van der Waals surface area contributed by atoms with Crippen LogP contribution in [0.4, 0.5) is 17.5 Å². The topological polar surface area (TPSA) is 358 Å². The minimum atomic E-state index is -0.568. The van der Waals surface area contributed by atoms with Crippen molar-refractivity contribution in [2.45, 2.75) is 138 Å². The second kappa shape index (κ2) is 40.2. The van der Waals surface area contributed by atoms with E-state index in [4.69, 9.17) is 63.3 Å². The molecular formula is C119H103N11O16. The molecule has 5 N–H and O–H groups in total. The van der Waals surface area contributed by atoms with Gasteiger partial charge in [0, 0.05) is 63.8 Å². The van der Waals surface area contributed by atoms with Crippen molar-refractivity contribution in [3.8, 4) is 120 Å². The van der Waals surface area contributed by atoms with Gasteiger partial charge in [-0.2, -0.15) is 5.26 Å². The fourth-order valence-corrected chi connectivity index (χ4v) is 19.3. The number of carbonyl (C=O) groups excluding carboxylic acids is 6. The number of Topliss-reactive ketones (excluding diaryl/α,β-unsaturated/α-hetero) is 2. The Bertz CT molecular complexity index is 7580. The number of nitriles is 1. The van der Waals surface area contributed by atoms with Crippen LogP contribution in [0, 0.1) is 31.1 Å². The number of hydrogen-bond donors (Lipinski definition) is 4. The lowest BCUT2D eigenvalue weighted by molar-refractivity contribution is -0.121. The van der Waals surface area contributed by atoms with E-state index in [0.29, 0.717) is 81.8 Å². The summed E-state index contributed by atoms with van der Waals surface area (Å²) in [5, 5.41) is 17.8. The molecule has 146 heavy (non-hydrogen) atoms. The van der Waals surface area contributed by atoms with Gasteiger partial charge in [-0.15, -0.1) is 0 Å². The third-order valence-electron chi connectivity index (χ3n) is 28.2. The monoisotopic (exact) mass is 1940 g/mol. The number of benzene rings is 10. The molecule has 10 aliphatic rings. The number of nitrogens with zero attached hydrogens (tertiary/aromatic N) is 7. The molecule has 25 rings (SSSR count).